The summed E-state index contributed by atoms with van der Waals surface area (Å²) >= 11 is 0. The van der Waals surface area contributed by atoms with Crippen LogP contribution in [0.15, 0.2) is 91.0 Å². The highest BCUT2D eigenvalue weighted by Gasteiger charge is 2.33. The minimum Gasteiger partial charge on any atom is -0.448 e. The second-order valence-corrected chi connectivity index (χ2v) is 11.3. The van der Waals surface area contributed by atoms with Crippen molar-refractivity contribution >= 4 is 18.3 Å². The number of hydrogen-bond donors (Lipinski definition) is 0. The van der Waals surface area contributed by atoms with Gasteiger partial charge in [0.1, 0.15) is 40.0 Å². The van der Waals surface area contributed by atoms with Crippen LogP contribution in [0.3, 0.4) is 0 Å². The second kappa shape index (κ2) is 19.8. The highest BCUT2D eigenvalue weighted by atomic mass is 16.6. The fraction of sp³-hybridized carbons (Fsp3) is 0.400. The Kier molecular flexibility index (Phi) is 15.5. The molecule has 0 radical (unpaired) electrons. The maximum absolute atomic E-state index is 13.2. The third-order valence-electron chi connectivity index (χ3n) is 6.91. The van der Waals surface area contributed by atoms with Crippen molar-refractivity contribution < 1.29 is 42.8 Å². The fourth-order valence-corrected chi connectivity index (χ4v) is 4.47. The Balaban J connectivity index is 1.73. The van der Waals surface area contributed by atoms with E-state index in [1.54, 1.807) is 6.92 Å². The van der Waals surface area contributed by atoms with Crippen LogP contribution in [0.1, 0.15) is 23.6 Å². The number of rotatable bonds is 18. The third-order valence-corrected chi connectivity index (χ3v) is 6.91. The van der Waals surface area contributed by atoms with Crippen LogP contribution in [0.5, 0.6) is 0 Å². The predicted octanol–water partition coefficient (Wildman–Crippen LogP) is 5.72. The van der Waals surface area contributed by atoms with Gasteiger partial charge in [0.15, 0.2) is 0 Å². The molecule has 3 aromatic rings. The quantitative estimate of drug-likeness (QED) is 0.126. The molecule has 3 aromatic carbocycles. The Bertz CT molecular complexity index is 1180. The lowest BCUT2D eigenvalue weighted by atomic mass is 9.94. The number of benzene rings is 3. The van der Waals surface area contributed by atoms with E-state index in [1.807, 2.05) is 91.0 Å². The van der Waals surface area contributed by atoms with Gasteiger partial charge in [-0.1, -0.05) is 91.0 Å². The Labute approximate surface area is 276 Å². The molecular weight excluding hydrogens is 606 g/mol. The summed E-state index contributed by atoms with van der Waals surface area (Å²) in [6.45, 7) is 1.76. The Morgan fingerprint density at radius 1 is 0.489 bits per heavy atom. The normalized spacial score (nSPS) is 11.0. The van der Waals surface area contributed by atoms with E-state index in [4.69, 9.17) is 28.4 Å². The highest BCUT2D eigenvalue weighted by molar-refractivity contribution is 5.69. The van der Waals surface area contributed by atoms with E-state index in [2.05, 4.69) is 0 Å². The molecule has 0 unspecified atom stereocenters. The SMILES string of the molecule is COCN(Cc1ccccc1)C(=O)OCC(C)(COC(=O)N(COC)Cc1ccccc1)COC(=O)N(COC)Cc1ccccc1. The number of ether oxygens (including phenoxy) is 6. The summed E-state index contributed by atoms with van der Waals surface area (Å²) in [6, 6.07) is 28.3. The van der Waals surface area contributed by atoms with Crippen LogP contribution >= 0.6 is 0 Å². The van der Waals surface area contributed by atoms with Gasteiger partial charge in [-0.15, -0.1) is 0 Å². The largest absolute Gasteiger partial charge is 0.448 e. The molecular formula is C35H45N3O9. The number of carbonyl (C=O) groups is 3. The van der Waals surface area contributed by atoms with E-state index in [1.165, 1.54) is 36.0 Å². The molecule has 0 bridgehead atoms. The zero-order valence-electron chi connectivity index (χ0n) is 27.5. The lowest BCUT2D eigenvalue weighted by Gasteiger charge is -2.31. The van der Waals surface area contributed by atoms with Crippen LogP contribution in [0.25, 0.3) is 0 Å². The molecule has 47 heavy (non-hydrogen) atoms. The molecule has 0 aromatic heterocycles. The topological polar surface area (TPSA) is 116 Å². The Morgan fingerprint density at radius 3 is 0.979 bits per heavy atom. The number of amides is 3. The van der Waals surface area contributed by atoms with Crippen LogP contribution in [0.2, 0.25) is 0 Å². The molecule has 254 valence electrons. The highest BCUT2D eigenvalue weighted by Crippen LogP contribution is 2.22. The molecule has 0 heterocycles. The molecule has 3 rings (SSSR count). The molecule has 0 atom stereocenters. The number of hydrogen-bond acceptors (Lipinski definition) is 9. The average Bonchev–Trinajstić information content (AvgIpc) is 3.09. The maximum atomic E-state index is 13.2. The lowest BCUT2D eigenvalue weighted by molar-refractivity contribution is -0.0402. The van der Waals surface area contributed by atoms with Crippen LogP contribution in [-0.2, 0) is 48.1 Å². The van der Waals surface area contributed by atoms with Crippen LogP contribution in [0.4, 0.5) is 14.4 Å². The van der Waals surface area contributed by atoms with Gasteiger partial charge >= 0.3 is 18.3 Å². The van der Waals surface area contributed by atoms with Gasteiger partial charge in [-0.05, 0) is 23.6 Å². The number of methoxy groups -OCH3 is 3. The smallest absolute Gasteiger partial charge is 0.411 e. The van der Waals surface area contributed by atoms with Gasteiger partial charge in [0.25, 0.3) is 0 Å². The van der Waals surface area contributed by atoms with Gasteiger partial charge in [-0.3, -0.25) is 14.7 Å². The first-order chi connectivity index (χ1) is 22.8. The summed E-state index contributed by atoms with van der Waals surface area (Å²) in [5.41, 5.74) is 1.55. The summed E-state index contributed by atoms with van der Waals surface area (Å²) < 4.78 is 32.8. The van der Waals surface area contributed by atoms with E-state index in [9.17, 15) is 14.4 Å². The van der Waals surface area contributed by atoms with E-state index >= 15 is 0 Å². The van der Waals surface area contributed by atoms with Crippen molar-refractivity contribution in [3.8, 4) is 0 Å². The van der Waals surface area contributed by atoms with Crippen molar-refractivity contribution in [2.75, 3.05) is 61.3 Å². The first kappa shape index (κ1) is 36.8. The zero-order chi connectivity index (χ0) is 33.9. The number of nitrogens with zero attached hydrogens (tertiary/aromatic N) is 3. The minimum absolute atomic E-state index is 0.00859. The zero-order valence-corrected chi connectivity index (χ0v) is 27.5. The summed E-state index contributed by atoms with van der Waals surface area (Å²) in [5.74, 6) is 0. The molecule has 0 aliphatic heterocycles. The lowest BCUT2D eigenvalue weighted by Crippen LogP contribution is -2.43. The van der Waals surface area contributed by atoms with Crippen LogP contribution in [-0.4, -0.2) is 94.3 Å². The summed E-state index contributed by atoms with van der Waals surface area (Å²) in [4.78, 5) is 43.8. The van der Waals surface area contributed by atoms with Crippen LogP contribution < -0.4 is 0 Å². The third kappa shape index (κ3) is 12.9. The van der Waals surface area contributed by atoms with Gasteiger partial charge in [-0.25, -0.2) is 14.4 Å². The van der Waals surface area contributed by atoms with E-state index in [0.717, 1.165) is 16.7 Å². The first-order valence-corrected chi connectivity index (χ1v) is 15.1. The summed E-state index contributed by atoms with van der Waals surface area (Å²) in [7, 11) is 4.45. The molecule has 12 nitrogen and oxygen atoms in total. The molecule has 0 N–H and O–H groups in total. The van der Waals surface area contributed by atoms with Gasteiger partial charge < -0.3 is 28.4 Å². The average molecular weight is 652 g/mol. The Morgan fingerprint density at radius 2 is 0.745 bits per heavy atom. The monoisotopic (exact) mass is 651 g/mol. The first-order valence-electron chi connectivity index (χ1n) is 15.1. The van der Waals surface area contributed by atoms with Crippen molar-refractivity contribution in [2.45, 2.75) is 26.6 Å². The number of carbonyl (C=O) groups excluding carboxylic acids is 3. The van der Waals surface area contributed by atoms with Gasteiger partial charge in [0.05, 0.1) is 25.0 Å². The van der Waals surface area contributed by atoms with Crippen molar-refractivity contribution in [1.29, 1.82) is 0 Å². The maximum Gasteiger partial charge on any atom is 0.411 e. The fourth-order valence-electron chi connectivity index (χ4n) is 4.47. The molecule has 0 saturated heterocycles. The van der Waals surface area contributed by atoms with Gasteiger partial charge in [-0.2, -0.15) is 0 Å². The minimum atomic E-state index is -1.12. The van der Waals surface area contributed by atoms with E-state index in [0.29, 0.717) is 0 Å². The molecule has 3 amide bonds. The molecule has 0 aliphatic rings. The molecule has 0 aliphatic carbocycles. The van der Waals surface area contributed by atoms with Crippen molar-refractivity contribution in [1.82, 2.24) is 14.7 Å². The van der Waals surface area contributed by atoms with Gasteiger partial charge in [0, 0.05) is 21.3 Å². The standard InChI is InChI=1S/C35H45N3O9/c1-35(23-45-32(39)36(26-42-2)20-29-14-8-5-9-15-29,24-46-33(40)37(27-43-3)21-30-16-10-6-11-17-30)25-47-34(41)38(28-44-4)22-31-18-12-7-13-19-31/h5-19H,20-28H2,1-4H3. The van der Waals surface area contributed by atoms with Gasteiger partial charge in [0.2, 0.25) is 0 Å². The molecule has 0 spiro atoms. The molecule has 0 fully saturated rings. The summed E-state index contributed by atoms with van der Waals surface area (Å²) in [6.07, 6.45) is -1.93. The van der Waals surface area contributed by atoms with Crippen LogP contribution in [0, 0.1) is 5.41 Å². The van der Waals surface area contributed by atoms with Crippen molar-refractivity contribution in [3.63, 3.8) is 0 Å². The van der Waals surface area contributed by atoms with Crippen molar-refractivity contribution in [3.05, 3.63) is 108 Å². The predicted molar refractivity (Wildman–Crippen MR) is 174 cm³/mol. The second-order valence-electron chi connectivity index (χ2n) is 11.3. The molecule has 0 saturated carbocycles. The molecule has 12 heteroatoms. The van der Waals surface area contributed by atoms with Crippen molar-refractivity contribution in [2.24, 2.45) is 5.41 Å². The van der Waals surface area contributed by atoms with E-state index in [-0.39, 0.29) is 59.6 Å². The Hall–Kier alpha value is -4.65. The van der Waals surface area contributed by atoms with E-state index < -0.39 is 23.7 Å². The summed E-state index contributed by atoms with van der Waals surface area (Å²) in [5, 5.41) is 0.